The Bertz CT molecular complexity index is 157. The van der Waals surface area contributed by atoms with Crippen LogP contribution in [0, 0.1) is 5.92 Å². The van der Waals surface area contributed by atoms with E-state index in [4.69, 9.17) is 0 Å². The molecule has 0 N–H and O–H groups in total. The van der Waals surface area contributed by atoms with Gasteiger partial charge in [-0.05, 0) is 51.4 Å². The summed E-state index contributed by atoms with van der Waals surface area (Å²) in [6, 6.07) is 0. The summed E-state index contributed by atoms with van der Waals surface area (Å²) in [6.07, 6.45) is 18.4. The summed E-state index contributed by atoms with van der Waals surface area (Å²) >= 11 is 0. The minimum absolute atomic E-state index is 0.833. The maximum absolute atomic E-state index is 2.31. The van der Waals surface area contributed by atoms with E-state index in [1.165, 1.54) is 44.9 Å². The number of rotatable bonds is 4. The summed E-state index contributed by atoms with van der Waals surface area (Å²) in [5.41, 5.74) is 0. The third-order valence-corrected chi connectivity index (χ3v) is 2.81. The zero-order chi connectivity index (χ0) is 11.4. The lowest BCUT2D eigenvalue weighted by Gasteiger charge is -2.05. The van der Waals surface area contributed by atoms with E-state index in [0.29, 0.717) is 0 Å². The first kappa shape index (κ1) is 14.5. The topological polar surface area (TPSA) is 0 Å². The minimum Gasteiger partial charge on any atom is -0.0914 e. The molecule has 0 aromatic heterocycles. The average Bonchev–Trinajstić information content (AvgIpc) is 2.32. The van der Waals surface area contributed by atoms with Crippen molar-refractivity contribution < 1.29 is 0 Å². The van der Waals surface area contributed by atoms with Crippen LogP contribution in [0.4, 0.5) is 0 Å². The molecular formula is C15H28. The molecule has 0 bridgehead atoms. The molecule has 0 aromatic carbocycles. The van der Waals surface area contributed by atoms with Crippen molar-refractivity contribution in [2.45, 2.75) is 65.7 Å². The van der Waals surface area contributed by atoms with Gasteiger partial charge < -0.3 is 0 Å². The summed E-state index contributed by atoms with van der Waals surface area (Å²) in [6.45, 7) is 6.59. The van der Waals surface area contributed by atoms with Crippen LogP contribution in [0.25, 0.3) is 0 Å². The van der Waals surface area contributed by atoms with Crippen LogP contribution < -0.4 is 0 Å². The van der Waals surface area contributed by atoms with Gasteiger partial charge in [0.2, 0.25) is 0 Å². The van der Waals surface area contributed by atoms with Gasteiger partial charge in [-0.15, -0.1) is 0 Å². The Morgan fingerprint density at radius 3 is 2.00 bits per heavy atom. The van der Waals surface area contributed by atoms with E-state index in [1.807, 2.05) is 0 Å². The molecule has 0 saturated heterocycles. The highest BCUT2D eigenvalue weighted by Gasteiger charge is 1.96. The zero-order valence-electron chi connectivity index (χ0n) is 10.8. The van der Waals surface area contributed by atoms with Gasteiger partial charge in [0, 0.05) is 0 Å². The van der Waals surface area contributed by atoms with E-state index in [9.17, 15) is 0 Å². The highest BCUT2D eigenvalue weighted by atomic mass is 14.0. The maximum Gasteiger partial charge on any atom is -0.0236 e. The fourth-order valence-corrected chi connectivity index (χ4v) is 1.84. The van der Waals surface area contributed by atoms with Crippen molar-refractivity contribution in [1.29, 1.82) is 0 Å². The van der Waals surface area contributed by atoms with Crippen LogP contribution in [-0.4, -0.2) is 0 Å². The molecule has 1 aliphatic carbocycles. The molecule has 88 valence electrons. The smallest absolute Gasteiger partial charge is 0.0236 e. The zero-order valence-corrected chi connectivity index (χ0v) is 10.8. The second kappa shape index (κ2) is 11.6. The van der Waals surface area contributed by atoms with Gasteiger partial charge in [-0.2, -0.15) is 0 Å². The molecule has 0 heterocycles. The number of hydrogen-bond donors (Lipinski definition) is 0. The lowest BCUT2D eigenvalue weighted by molar-refractivity contribution is 0.563. The predicted molar refractivity (Wildman–Crippen MR) is 71.1 cm³/mol. The number of allylic oxidation sites excluding steroid dienone is 4. The van der Waals surface area contributed by atoms with Crippen molar-refractivity contribution in [3.8, 4) is 0 Å². The fourth-order valence-electron chi connectivity index (χ4n) is 1.84. The Morgan fingerprint density at radius 2 is 1.73 bits per heavy atom. The van der Waals surface area contributed by atoms with Gasteiger partial charge in [-0.1, -0.05) is 44.6 Å². The molecule has 0 aliphatic heterocycles. The van der Waals surface area contributed by atoms with Gasteiger partial charge in [0.15, 0.2) is 0 Å². The first-order chi connectivity index (χ1) is 7.35. The molecule has 0 radical (unpaired) electrons. The first-order valence-electron chi connectivity index (χ1n) is 6.62. The second-order valence-electron chi connectivity index (χ2n) is 4.24. The summed E-state index contributed by atoms with van der Waals surface area (Å²) in [5, 5.41) is 0. The summed E-state index contributed by atoms with van der Waals surface area (Å²) in [5.74, 6) is 0.833. The van der Waals surface area contributed by atoms with E-state index in [0.717, 1.165) is 5.92 Å². The maximum atomic E-state index is 2.31. The molecule has 1 unspecified atom stereocenters. The third kappa shape index (κ3) is 9.78. The molecule has 0 aromatic rings. The molecule has 0 heteroatoms. The summed E-state index contributed by atoms with van der Waals surface area (Å²) < 4.78 is 0. The molecule has 15 heavy (non-hydrogen) atoms. The third-order valence-electron chi connectivity index (χ3n) is 2.81. The normalized spacial score (nSPS) is 17.3. The largest absolute Gasteiger partial charge is 0.0914 e. The molecule has 1 aliphatic rings. The van der Waals surface area contributed by atoms with Crippen LogP contribution in [-0.2, 0) is 0 Å². The average molecular weight is 208 g/mol. The van der Waals surface area contributed by atoms with Crippen molar-refractivity contribution in [3.05, 3.63) is 24.3 Å². The molecule has 1 rings (SSSR count). The Hall–Kier alpha value is -0.520. The Kier molecular flexibility index (Phi) is 11.2. The Labute approximate surface area is 96.5 Å². The molecule has 1 atom stereocenters. The Morgan fingerprint density at radius 1 is 1.13 bits per heavy atom. The quantitative estimate of drug-likeness (QED) is 0.535. The van der Waals surface area contributed by atoms with E-state index in [-0.39, 0.29) is 0 Å². The second-order valence-corrected chi connectivity index (χ2v) is 4.24. The first-order valence-corrected chi connectivity index (χ1v) is 6.62. The minimum atomic E-state index is 0.833. The lowest BCUT2D eigenvalue weighted by Crippen LogP contribution is -1.91. The van der Waals surface area contributed by atoms with E-state index < -0.39 is 0 Å². The van der Waals surface area contributed by atoms with Crippen LogP contribution >= 0.6 is 0 Å². The van der Waals surface area contributed by atoms with Crippen LogP contribution in [0.15, 0.2) is 24.3 Å². The predicted octanol–water partition coefficient (Wildman–Crippen LogP) is 5.51. The fraction of sp³-hybridized carbons (Fsp3) is 0.733. The summed E-state index contributed by atoms with van der Waals surface area (Å²) in [4.78, 5) is 0. The van der Waals surface area contributed by atoms with Gasteiger partial charge in [-0.25, -0.2) is 0 Å². The molecule has 0 fully saturated rings. The van der Waals surface area contributed by atoms with E-state index in [2.05, 4.69) is 45.1 Å². The Balaban J connectivity index is 0.000000280. The van der Waals surface area contributed by atoms with Crippen LogP contribution in [0.3, 0.4) is 0 Å². The van der Waals surface area contributed by atoms with Crippen molar-refractivity contribution >= 4 is 0 Å². The van der Waals surface area contributed by atoms with Gasteiger partial charge in [0.25, 0.3) is 0 Å². The monoisotopic (exact) mass is 208 g/mol. The lowest BCUT2D eigenvalue weighted by atomic mass is 10.0. The van der Waals surface area contributed by atoms with Gasteiger partial charge in [0.05, 0.1) is 0 Å². The molecule has 0 spiro atoms. The van der Waals surface area contributed by atoms with Crippen molar-refractivity contribution in [2.24, 2.45) is 5.92 Å². The van der Waals surface area contributed by atoms with Crippen LogP contribution in [0.5, 0.6) is 0 Å². The van der Waals surface area contributed by atoms with E-state index >= 15 is 0 Å². The highest BCUT2D eigenvalue weighted by molar-refractivity contribution is 4.85. The molecule has 0 nitrogen and oxygen atoms in total. The molecule has 0 amide bonds. The van der Waals surface area contributed by atoms with Crippen molar-refractivity contribution in [1.82, 2.24) is 0 Å². The van der Waals surface area contributed by atoms with Crippen molar-refractivity contribution in [2.75, 3.05) is 0 Å². The molecule has 0 saturated carbocycles. The SMILES string of the molecule is C/C=C\C(CC)CCC.C1=CCCCC1. The number of hydrogen-bond acceptors (Lipinski definition) is 0. The van der Waals surface area contributed by atoms with Crippen LogP contribution in [0.1, 0.15) is 65.7 Å². The molecular weight excluding hydrogens is 180 g/mol. The van der Waals surface area contributed by atoms with Gasteiger partial charge >= 0.3 is 0 Å². The van der Waals surface area contributed by atoms with Crippen molar-refractivity contribution in [3.63, 3.8) is 0 Å². The summed E-state index contributed by atoms with van der Waals surface area (Å²) in [7, 11) is 0. The standard InChI is InChI=1S/C9H18.C6H10/c1-4-7-9(6-3)8-5-2;1-2-4-6-5-3-1/h4,7,9H,5-6,8H2,1-3H3;1-2H,3-6H2/b7-4-;. The van der Waals surface area contributed by atoms with E-state index in [1.54, 1.807) is 0 Å². The highest BCUT2D eigenvalue weighted by Crippen LogP contribution is 2.11. The van der Waals surface area contributed by atoms with Gasteiger partial charge in [-0.3, -0.25) is 0 Å². The van der Waals surface area contributed by atoms with Gasteiger partial charge in [0.1, 0.15) is 0 Å². The van der Waals surface area contributed by atoms with Crippen LogP contribution in [0.2, 0.25) is 0 Å².